The number of ether oxygens (including phenoxy) is 2. The number of nitrogens with zero attached hydrogens (tertiary/aromatic N) is 2. The van der Waals surface area contributed by atoms with Crippen molar-refractivity contribution in [3.63, 3.8) is 0 Å². The number of rotatable bonds is 2. The molecule has 0 saturated carbocycles. The smallest absolute Gasteiger partial charge is 0.205 e. The van der Waals surface area contributed by atoms with Gasteiger partial charge in [0.25, 0.3) is 0 Å². The number of hydrogen-bond acceptors (Lipinski definition) is 5. The third kappa shape index (κ3) is 2.73. The fourth-order valence-electron chi connectivity index (χ4n) is 3.98. The van der Waals surface area contributed by atoms with E-state index in [0.717, 1.165) is 27.2 Å². The molecular formula is C24H16ClN3O2. The van der Waals surface area contributed by atoms with Crippen LogP contribution in [0.2, 0.25) is 5.15 Å². The zero-order chi connectivity index (χ0) is 20.8. The maximum atomic E-state index is 9.87. The molecule has 1 aromatic heterocycles. The van der Waals surface area contributed by atoms with E-state index in [0.29, 0.717) is 27.8 Å². The first-order valence-electron chi connectivity index (χ1n) is 9.34. The second-order valence-corrected chi connectivity index (χ2v) is 7.41. The lowest BCUT2D eigenvalue weighted by atomic mass is 9.82. The summed E-state index contributed by atoms with van der Waals surface area (Å²) in [6, 6.07) is 21.6. The maximum Gasteiger partial charge on any atom is 0.205 e. The molecule has 5 nitrogen and oxygen atoms in total. The Morgan fingerprint density at radius 1 is 1.07 bits per heavy atom. The third-order valence-electron chi connectivity index (χ3n) is 5.42. The van der Waals surface area contributed by atoms with Crippen LogP contribution in [0.3, 0.4) is 0 Å². The van der Waals surface area contributed by atoms with Gasteiger partial charge < -0.3 is 15.2 Å². The predicted octanol–water partition coefficient (Wildman–Crippen LogP) is 5.27. The lowest BCUT2D eigenvalue weighted by Crippen LogP contribution is -2.21. The van der Waals surface area contributed by atoms with Gasteiger partial charge in [-0.3, -0.25) is 0 Å². The summed E-state index contributed by atoms with van der Waals surface area (Å²) in [6.45, 7) is 0. The molecule has 1 atom stereocenters. The second kappa shape index (κ2) is 6.94. The number of benzene rings is 3. The predicted molar refractivity (Wildman–Crippen MR) is 117 cm³/mol. The van der Waals surface area contributed by atoms with Crippen LogP contribution in [-0.4, -0.2) is 12.1 Å². The molecule has 146 valence electrons. The van der Waals surface area contributed by atoms with Crippen LogP contribution >= 0.6 is 11.6 Å². The fraction of sp³-hybridized carbons (Fsp3) is 0.0833. The summed E-state index contributed by atoms with van der Waals surface area (Å²) in [6.07, 6.45) is 0. The van der Waals surface area contributed by atoms with Gasteiger partial charge in [0, 0.05) is 21.9 Å². The van der Waals surface area contributed by atoms with E-state index in [9.17, 15) is 5.26 Å². The molecule has 0 spiro atoms. The van der Waals surface area contributed by atoms with Gasteiger partial charge in [-0.25, -0.2) is 4.98 Å². The van der Waals surface area contributed by atoms with Gasteiger partial charge in [0.15, 0.2) is 0 Å². The monoisotopic (exact) mass is 413 g/mol. The quantitative estimate of drug-likeness (QED) is 0.453. The molecule has 0 bridgehead atoms. The molecule has 2 N–H and O–H groups in total. The number of fused-ring (bicyclic) bond motifs is 4. The Morgan fingerprint density at radius 3 is 2.70 bits per heavy atom. The topological polar surface area (TPSA) is 81.2 Å². The summed E-state index contributed by atoms with van der Waals surface area (Å²) in [5.74, 6) is 0.940. The highest BCUT2D eigenvalue weighted by Gasteiger charge is 2.33. The van der Waals surface area contributed by atoms with Gasteiger partial charge in [0.05, 0.1) is 18.5 Å². The first-order valence-corrected chi connectivity index (χ1v) is 9.72. The van der Waals surface area contributed by atoms with Crippen LogP contribution < -0.4 is 15.2 Å². The van der Waals surface area contributed by atoms with Crippen LogP contribution in [0.15, 0.2) is 72.1 Å². The molecule has 0 radical (unpaired) electrons. The maximum absolute atomic E-state index is 9.87. The molecule has 0 aliphatic carbocycles. The standard InChI is InChI=1S/C24H16ClN3O2/c1-29-15-7-9-20-14(10-15)11-18(23(25)28-20)21-17-8-6-13-4-2-3-5-16(13)22(17)30-24(27)19(21)12-26/h2-11,21H,27H2,1H3/t21-/m1/s1. The summed E-state index contributed by atoms with van der Waals surface area (Å²) in [7, 11) is 1.61. The van der Waals surface area contributed by atoms with Crippen molar-refractivity contribution in [1.82, 2.24) is 4.98 Å². The largest absolute Gasteiger partial charge is 0.497 e. The van der Waals surface area contributed by atoms with Crippen molar-refractivity contribution >= 4 is 33.3 Å². The second-order valence-electron chi connectivity index (χ2n) is 7.06. The van der Waals surface area contributed by atoms with Crippen molar-refractivity contribution < 1.29 is 9.47 Å². The van der Waals surface area contributed by atoms with Crippen LogP contribution in [-0.2, 0) is 0 Å². The number of nitrogens with two attached hydrogens (primary N) is 1. The summed E-state index contributed by atoms with van der Waals surface area (Å²) < 4.78 is 11.3. The minimum atomic E-state index is -0.487. The van der Waals surface area contributed by atoms with E-state index in [4.69, 9.17) is 26.8 Å². The average molecular weight is 414 g/mol. The molecule has 2 heterocycles. The normalized spacial score (nSPS) is 15.6. The Balaban J connectivity index is 1.80. The number of allylic oxidation sites excluding steroid dienone is 1. The van der Waals surface area contributed by atoms with E-state index in [1.165, 1.54) is 0 Å². The van der Waals surface area contributed by atoms with Crippen LogP contribution in [0.5, 0.6) is 11.5 Å². The van der Waals surface area contributed by atoms with E-state index < -0.39 is 5.92 Å². The molecule has 0 amide bonds. The van der Waals surface area contributed by atoms with Crippen LogP contribution in [0.4, 0.5) is 0 Å². The van der Waals surface area contributed by atoms with Gasteiger partial charge in [0.2, 0.25) is 5.88 Å². The highest BCUT2D eigenvalue weighted by Crippen LogP contribution is 2.47. The van der Waals surface area contributed by atoms with Crippen molar-refractivity contribution in [1.29, 1.82) is 5.26 Å². The number of nitriles is 1. The SMILES string of the molecule is COc1ccc2nc(Cl)c([C@@H]3C(C#N)=C(N)Oc4c3ccc3ccccc43)cc2c1. The van der Waals surface area contributed by atoms with Crippen molar-refractivity contribution in [2.75, 3.05) is 7.11 Å². The third-order valence-corrected chi connectivity index (χ3v) is 5.72. The summed E-state index contributed by atoms with van der Waals surface area (Å²) in [5.41, 5.74) is 8.75. The molecule has 3 aromatic carbocycles. The van der Waals surface area contributed by atoms with E-state index in [-0.39, 0.29) is 5.88 Å². The molecule has 1 aliphatic heterocycles. The van der Waals surface area contributed by atoms with E-state index in [1.54, 1.807) is 7.11 Å². The highest BCUT2D eigenvalue weighted by molar-refractivity contribution is 6.30. The van der Waals surface area contributed by atoms with E-state index in [1.807, 2.05) is 60.7 Å². The highest BCUT2D eigenvalue weighted by atomic mass is 35.5. The van der Waals surface area contributed by atoms with Gasteiger partial charge in [-0.15, -0.1) is 0 Å². The van der Waals surface area contributed by atoms with Crippen LogP contribution in [0.25, 0.3) is 21.7 Å². The van der Waals surface area contributed by atoms with Crippen molar-refractivity contribution in [3.8, 4) is 17.6 Å². The number of hydrogen-bond donors (Lipinski definition) is 1. The van der Waals surface area contributed by atoms with Crippen LogP contribution in [0, 0.1) is 11.3 Å². The Morgan fingerprint density at radius 2 is 1.90 bits per heavy atom. The lowest BCUT2D eigenvalue weighted by Gasteiger charge is -2.28. The number of methoxy groups -OCH3 is 1. The van der Waals surface area contributed by atoms with Gasteiger partial charge >= 0.3 is 0 Å². The Labute approximate surface area is 177 Å². The van der Waals surface area contributed by atoms with Gasteiger partial charge in [-0.05, 0) is 29.7 Å². The molecule has 30 heavy (non-hydrogen) atoms. The van der Waals surface area contributed by atoms with Crippen molar-refractivity contribution in [2.45, 2.75) is 5.92 Å². The molecule has 1 aliphatic rings. The Kier molecular flexibility index (Phi) is 4.23. The Hall–Kier alpha value is -3.75. The number of halogens is 1. The molecular weight excluding hydrogens is 398 g/mol. The molecule has 0 saturated heterocycles. The minimum absolute atomic E-state index is 0.0770. The molecule has 0 fully saturated rings. The average Bonchev–Trinajstić information content (AvgIpc) is 2.77. The summed E-state index contributed by atoms with van der Waals surface area (Å²) >= 11 is 6.61. The zero-order valence-electron chi connectivity index (χ0n) is 16.0. The Bertz CT molecular complexity index is 1410. The summed E-state index contributed by atoms with van der Waals surface area (Å²) in [5, 5.41) is 13.0. The van der Waals surface area contributed by atoms with Crippen LogP contribution in [0.1, 0.15) is 17.0 Å². The van der Waals surface area contributed by atoms with E-state index >= 15 is 0 Å². The zero-order valence-corrected chi connectivity index (χ0v) is 16.8. The molecule has 4 aromatic rings. The molecule has 0 unspecified atom stereocenters. The van der Waals surface area contributed by atoms with Gasteiger partial charge in [-0.2, -0.15) is 5.26 Å². The van der Waals surface area contributed by atoms with Crippen molar-refractivity contribution in [2.24, 2.45) is 5.73 Å². The summed E-state index contributed by atoms with van der Waals surface area (Å²) in [4.78, 5) is 4.55. The number of aromatic nitrogens is 1. The molecule has 6 heteroatoms. The minimum Gasteiger partial charge on any atom is -0.497 e. The van der Waals surface area contributed by atoms with Gasteiger partial charge in [-0.1, -0.05) is 48.0 Å². The fourth-order valence-corrected chi connectivity index (χ4v) is 4.24. The van der Waals surface area contributed by atoms with Crippen molar-refractivity contribution in [3.05, 3.63) is 88.4 Å². The first-order chi connectivity index (χ1) is 14.6. The first kappa shape index (κ1) is 18.3. The lowest BCUT2D eigenvalue weighted by molar-refractivity contribution is 0.398. The van der Waals surface area contributed by atoms with Gasteiger partial charge in [0.1, 0.15) is 28.3 Å². The molecule has 5 rings (SSSR count). The van der Waals surface area contributed by atoms with E-state index in [2.05, 4.69) is 11.1 Å². The number of pyridine rings is 1.